The fraction of sp³-hybridized carbons (Fsp3) is 0.455. The lowest BCUT2D eigenvalue weighted by molar-refractivity contribution is 0.593. The normalized spacial score (nSPS) is 19.1. The number of nitrogens with one attached hydrogen (secondary N) is 2. The molecule has 2 nitrogen and oxygen atoms in total. The van der Waals surface area contributed by atoms with E-state index >= 15 is 0 Å². The molecule has 0 radical (unpaired) electrons. The van der Waals surface area contributed by atoms with Gasteiger partial charge in [0.05, 0.1) is 0 Å². The van der Waals surface area contributed by atoms with Gasteiger partial charge >= 0.3 is 0 Å². The van der Waals surface area contributed by atoms with E-state index in [9.17, 15) is 4.39 Å². The van der Waals surface area contributed by atoms with Gasteiger partial charge in [-0.25, -0.2) is 4.39 Å². The van der Waals surface area contributed by atoms with Crippen LogP contribution >= 0.6 is 0 Å². The van der Waals surface area contributed by atoms with Crippen LogP contribution in [0.4, 0.5) is 10.1 Å². The smallest absolute Gasteiger partial charge is 0.128 e. The number of hydrogen-bond acceptors (Lipinski definition) is 2. The van der Waals surface area contributed by atoms with Crippen molar-refractivity contribution in [3.63, 3.8) is 0 Å². The van der Waals surface area contributed by atoms with E-state index in [2.05, 4.69) is 10.6 Å². The van der Waals surface area contributed by atoms with Crippen molar-refractivity contribution in [2.24, 2.45) is 0 Å². The molecule has 1 aromatic rings. The maximum Gasteiger partial charge on any atom is 0.128 e. The minimum Gasteiger partial charge on any atom is -0.382 e. The number of hydrogen-bond donors (Lipinski definition) is 2. The van der Waals surface area contributed by atoms with E-state index in [0.29, 0.717) is 6.04 Å². The molecule has 0 aliphatic carbocycles. The first-order valence-corrected chi connectivity index (χ1v) is 5.00. The van der Waals surface area contributed by atoms with E-state index in [-0.39, 0.29) is 5.82 Å². The van der Waals surface area contributed by atoms with Crippen LogP contribution in [0.25, 0.3) is 0 Å². The molecule has 2 N–H and O–H groups in total. The molecule has 0 aromatic heterocycles. The molecule has 1 atom stereocenters. The number of benzene rings is 1. The zero-order chi connectivity index (χ0) is 9.97. The molecule has 2 rings (SSSR count). The van der Waals surface area contributed by atoms with Gasteiger partial charge in [-0.2, -0.15) is 0 Å². The Morgan fingerprint density at radius 3 is 3.14 bits per heavy atom. The predicted octanol–water partition coefficient (Wildman–Crippen LogP) is 1.77. The van der Waals surface area contributed by atoms with Crippen molar-refractivity contribution in [2.75, 3.05) is 18.9 Å². The van der Waals surface area contributed by atoms with E-state index in [1.165, 1.54) is 6.07 Å². The summed E-state index contributed by atoms with van der Waals surface area (Å²) in [6.45, 7) is 0.966. The van der Waals surface area contributed by atoms with Crippen LogP contribution in [-0.4, -0.2) is 19.6 Å². The highest BCUT2D eigenvalue weighted by Crippen LogP contribution is 2.28. The predicted molar refractivity (Wildman–Crippen MR) is 56.1 cm³/mol. The van der Waals surface area contributed by atoms with Gasteiger partial charge in [0, 0.05) is 17.3 Å². The van der Waals surface area contributed by atoms with E-state index in [4.69, 9.17) is 0 Å². The minimum atomic E-state index is -0.0815. The molecule has 76 valence electrons. The maximum absolute atomic E-state index is 13.3. The monoisotopic (exact) mass is 194 g/mol. The van der Waals surface area contributed by atoms with Crippen molar-refractivity contribution >= 4 is 5.69 Å². The second kappa shape index (κ2) is 3.96. The first-order chi connectivity index (χ1) is 6.81. The average Bonchev–Trinajstić information content (AvgIpc) is 2.59. The molecule has 1 unspecified atom stereocenters. The Hall–Kier alpha value is -1.09. The summed E-state index contributed by atoms with van der Waals surface area (Å²) in [6, 6.07) is 5.61. The van der Waals surface area contributed by atoms with Gasteiger partial charge in [-0.3, -0.25) is 0 Å². The fourth-order valence-electron chi connectivity index (χ4n) is 1.91. The number of fused-ring (bicyclic) bond motifs is 1. The summed E-state index contributed by atoms with van der Waals surface area (Å²) in [7, 11) is 1.93. The Bertz CT molecular complexity index is 325. The van der Waals surface area contributed by atoms with Gasteiger partial charge in [-0.1, -0.05) is 6.07 Å². The van der Waals surface area contributed by atoms with Crippen LogP contribution in [0.15, 0.2) is 18.2 Å². The third-order valence-corrected chi connectivity index (χ3v) is 2.67. The molecule has 1 aromatic carbocycles. The van der Waals surface area contributed by atoms with Crippen LogP contribution in [-0.2, 0) is 6.42 Å². The Morgan fingerprint density at radius 1 is 1.57 bits per heavy atom. The van der Waals surface area contributed by atoms with Crippen LogP contribution in [0.1, 0.15) is 12.0 Å². The number of rotatable bonds is 3. The lowest BCUT2D eigenvalue weighted by atomic mass is 10.1. The lowest BCUT2D eigenvalue weighted by Crippen LogP contribution is -2.21. The molecular formula is C11H15FN2. The van der Waals surface area contributed by atoms with Crippen LogP contribution in [0.5, 0.6) is 0 Å². The summed E-state index contributed by atoms with van der Waals surface area (Å²) < 4.78 is 13.3. The summed E-state index contributed by atoms with van der Waals surface area (Å²) in [5, 5.41) is 6.43. The molecule has 3 heteroatoms. The van der Waals surface area contributed by atoms with Gasteiger partial charge in [0.1, 0.15) is 5.82 Å². The summed E-state index contributed by atoms with van der Waals surface area (Å²) >= 11 is 0. The van der Waals surface area contributed by atoms with Crippen molar-refractivity contribution in [3.05, 3.63) is 29.6 Å². The van der Waals surface area contributed by atoms with Gasteiger partial charge in [-0.05, 0) is 38.6 Å². The highest BCUT2D eigenvalue weighted by Gasteiger charge is 2.22. The molecule has 0 bridgehead atoms. The highest BCUT2D eigenvalue weighted by atomic mass is 19.1. The first-order valence-electron chi connectivity index (χ1n) is 5.00. The topological polar surface area (TPSA) is 24.1 Å². The van der Waals surface area contributed by atoms with E-state index in [1.807, 2.05) is 13.1 Å². The van der Waals surface area contributed by atoms with Gasteiger partial charge in [0.15, 0.2) is 0 Å². The highest BCUT2D eigenvalue weighted by molar-refractivity contribution is 5.57. The van der Waals surface area contributed by atoms with E-state index < -0.39 is 0 Å². The summed E-state index contributed by atoms with van der Waals surface area (Å²) in [6.07, 6.45) is 1.84. The number of halogens is 1. The second-order valence-corrected chi connectivity index (χ2v) is 3.70. The lowest BCUT2D eigenvalue weighted by Gasteiger charge is -2.09. The van der Waals surface area contributed by atoms with Crippen molar-refractivity contribution in [3.8, 4) is 0 Å². The van der Waals surface area contributed by atoms with Crippen LogP contribution in [0.2, 0.25) is 0 Å². The van der Waals surface area contributed by atoms with E-state index in [1.54, 1.807) is 6.07 Å². The molecule has 0 amide bonds. The fourth-order valence-corrected chi connectivity index (χ4v) is 1.91. The van der Waals surface area contributed by atoms with Crippen molar-refractivity contribution in [1.29, 1.82) is 0 Å². The molecule has 0 fully saturated rings. The van der Waals surface area contributed by atoms with Gasteiger partial charge in [0.25, 0.3) is 0 Å². The van der Waals surface area contributed by atoms with Crippen LogP contribution < -0.4 is 10.6 Å². The van der Waals surface area contributed by atoms with Gasteiger partial charge in [-0.15, -0.1) is 0 Å². The molecule has 1 aliphatic heterocycles. The largest absolute Gasteiger partial charge is 0.382 e. The minimum absolute atomic E-state index is 0.0815. The van der Waals surface area contributed by atoms with Crippen molar-refractivity contribution in [2.45, 2.75) is 18.9 Å². The third kappa shape index (κ3) is 1.73. The maximum atomic E-state index is 13.3. The zero-order valence-electron chi connectivity index (χ0n) is 8.31. The van der Waals surface area contributed by atoms with Crippen LogP contribution in [0, 0.1) is 5.82 Å². The Labute approximate surface area is 83.5 Å². The van der Waals surface area contributed by atoms with Crippen LogP contribution in [0.3, 0.4) is 0 Å². The summed E-state index contributed by atoms with van der Waals surface area (Å²) in [5.74, 6) is -0.0815. The molecule has 0 saturated heterocycles. The number of anilines is 1. The summed E-state index contributed by atoms with van der Waals surface area (Å²) in [4.78, 5) is 0. The van der Waals surface area contributed by atoms with Crippen molar-refractivity contribution in [1.82, 2.24) is 5.32 Å². The molecule has 1 heterocycles. The molecular weight excluding hydrogens is 179 g/mol. The first kappa shape index (κ1) is 9.46. The quantitative estimate of drug-likeness (QED) is 0.766. The molecule has 1 aliphatic rings. The Kier molecular flexibility index (Phi) is 2.68. The van der Waals surface area contributed by atoms with Gasteiger partial charge in [0.2, 0.25) is 0 Å². The Balaban J connectivity index is 2.06. The molecule has 0 spiro atoms. The average molecular weight is 194 g/mol. The SMILES string of the molecule is CNCCC1Cc2c(F)cccc2N1. The Morgan fingerprint density at radius 2 is 2.43 bits per heavy atom. The molecule has 0 saturated carbocycles. The van der Waals surface area contributed by atoms with E-state index in [0.717, 1.165) is 30.6 Å². The second-order valence-electron chi connectivity index (χ2n) is 3.70. The van der Waals surface area contributed by atoms with Crippen molar-refractivity contribution < 1.29 is 4.39 Å². The zero-order valence-corrected chi connectivity index (χ0v) is 8.31. The van der Waals surface area contributed by atoms with Gasteiger partial charge < -0.3 is 10.6 Å². The summed E-state index contributed by atoms with van der Waals surface area (Å²) in [5.41, 5.74) is 1.81. The molecule has 14 heavy (non-hydrogen) atoms. The third-order valence-electron chi connectivity index (χ3n) is 2.67. The standard InChI is InChI=1S/C11H15FN2/c1-13-6-5-8-7-9-10(12)3-2-4-11(9)14-8/h2-4,8,13-14H,5-7H2,1H3.